The average Bonchev–Trinajstić information content (AvgIpc) is 2.56. The molecule has 0 saturated carbocycles. The maximum Gasteiger partial charge on any atom is 0.259 e. The second-order valence-corrected chi connectivity index (χ2v) is 4.96. The smallest absolute Gasteiger partial charge is 0.259 e. The van der Waals surface area contributed by atoms with E-state index < -0.39 is 0 Å². The number of nitrogens with one attached hydrogen (secondary N) is 1. The molecule has 1 N–H and O–H groups in total. The lowest BCUT2D eigenvalue weighted by Gasteiger charge is -2.27. The van der Waals surface area contributed by atoms with Crippen LogP contribution < -0.4 is 10.2 Å². The van der Waals surface area contributed by atoms with Crippen molar-refractivity contribution in [2.45, 2.75) is 6.92 Å². The molecule has 0 atom stereocenters. The van der Waals surface area contributed by atoms with E-state index in [1.165, 1.54) is 0 Å². The maximum atomic E-state index is 12.3. The van der Waals surface area contributed by atoms with Crippen molar-refractivity contribution in [3.05, 3.63) is 42.0 Å². The van der Waals surface area contributed by atoms with Gasteiger partial charge >= 0.3 is 0 Å². The highest BCUT2D eigenvalue weighted by molar-refractivity contribution is 6.04. The van der Waals surface area contributed by atoms with Gasteiger partial charge in [0.25, 0.3) is 5.91 Å². The number of ether oxygens (including phenoxy) is 1. The van der Waals surface area contributed by atoms with Crippen LogP contribution in [0.4, 0.5) is 11.6 Å². The van der Waals surface area contributed by atoms with Crippen LogP contribution in [0.1, 0.15) is 16.1 Å². The molecular weight excluding hydrogens is 282 g/mol. The number of hydrogen-bond donors (Lipinski definition) is 1. The summed E-state index contributed by atoms with van der Waals surface area (Å²) in [5.74, 6) is 0.401. The summed E-state index contributed by atoms with van der Waals surface area (Å²) < 4.78 is 5.31. The maximum absolute atomic E-state index is 12.3. The van der Waals surface area contributed by atoms with Gasteiger partial charge in [-0.25, -0.2) is 9.97 Å². The van der Waals surface area contributed by atoms with E-state index in [0.717, 1.165) is 13.1 Å². The Morgan fingerprint density at radius 2 is 2.14 bits per heavy atom. The van der Waals surface area contributed by atoms with Gasteiger partial charge in [-0.2, -0.15) is 0 Å². The summed E-state index contributed by atoms with van der Waals surface area (Å²) in [5, 5.41) is 2.78. The number of amides is 1. The van der Waals surface area contributed by atoms with Crippen molar-refractivity contribution in [1.29, 1.82) is 0 Å². The molecule has 22 heavy (non-hydrogen) atoms. The van der Waals surface area contributed by atoms with Crippen molar-refractivity contribution < 1.29 is 9.53 Å². The van der Waals surface area contributed by atoms with Gasteiger partial charge in [0.05, 0.1) is 36.4 Å². The normalized spacial score (nSPS) is 14.7. The first-order chi connectivity index (χ1) is 10.7. The molecule has 3 heterocycles. The third-order valence-corrected chi connectivity index (χ3v) is 3.42. The molecule has 0 bridgehead atoms. The first-order valence-corrected chi connectivity index (χ1v) is 7.12. The third-order valence-electron chi connectivity index (χ3n) is 3.42. The quantitative estimate of drug-likeness (QED) is 0.919. The fourth-order valence-corrected chi connectivity index (χ4v) is 2.23. The van der Waals surface area contributed by atoms with E-state index in [-0.39, 0.29) is 5.91 Å². The standard InChI is InChI=1S/C15H17N5O2/c1-11-13(14(21)19-12-3-2-4-16-9-12)10-17-15(18-11)20-5-7-22-8-6-20/h2-4,9-10H,5-8H2,1H3,(H,19,21). The summed E-state index contributed by atoms with van der Waals surface area (Å²) in [7, 11) is 0. The molecule has 3 rings (SSSR count). The van der Waals surface area contributed by atoms with Crippen LogP contribution in [0.25, 0.3) is 0 Å². The lowest BCUT2D eigenvalue weighted by atomic mass is 10.2. The molecule has 0 aromatic carbocycles. The topological polar surface area (TPSA) is 80.2 Å². The zero-order valence-corrected chi connectivity index (χ0v) is 12.3. The monoisotopic (exact) mass is 299 g/mol. The van der Waals surface area contributed by atoms with Crippen molar-refractivity contribution in [2.24, 2.45) is 0 Å². The van der Waals surface area contributed by atoms with Crippen LogP contribution in [0.2, 0.25) is 0 Å². The SMILES string of the molecule is Cc1nc(N2CCOCC2)ncc1C(=O)Nc1cccnc1. The molecule has 1 amide bonds. The van der Waals surface area contributed by atoms with Gasteiger partial charge in [0, 0.05) is 25.5 Å². The Morgan fingerprint density at radius 1 is 1.32 bits per heavy atom. The second-order valence-electron chi connectivity index (χ2n) is 4.96. The van der Waals surface area contributed by atoms with Crippen molar-refractivity contribution >= 4 is 17.5 Å². The van der Waals surface area contributed by atoms with Crippen LogP contribution in [0.15, 0.2) is 30.7 Å². The largest absolute Gasteiger partial charge is 0.378 e. The van der Waals surface area contributed by atoms with Crippen molar-refractivity contribution in [3.8, 4) is 0 Å². The van der Waals surface area contributed by atoms with Gasteiger partial charge in [0.15, 0.2) is 0 Å². The number of aromatic nitrogens is 3. The zero-order chi connectivity index (χ0) is 15.4. The van der Waals surface area contributed by atoms with Crippen LogP contribution >= 0.6 is 0 Å². The lowest BCUT2D eigenvalue weighted by molar-refractivity contribution is 0.102. The summed E-state index contributed by atoms with van der Waals surface area (Å²) >= 11 is 0. The van der Waals surface area contributed by atoms with Gasteiger partial charge in [-0.15, -0.1) is 0 Å². The number of morpholine rings is 1. The molecule has 1 saturated heterocycles. The molecule has 0 radical (unpaired) electrons. The fraction of sp³-hybridized carbons (Fsp3) is 0.333. The van der Waals surface area contributed by atoms with Crippen molar-refractivity contribution in [2.75, 3.05) is 36.5 Å². The molecule has 114 valence electrons. The summed E-state index contributed by atoms with van der Waals surface area (Å²) in [6.07, 6.45) is 4.82. The third kappa shape index (κ3) is 3.20. The number of nitrogens with zero attached hydrogens (tertiary/aromatic N) is 4. The summed E-state index contributed by atoms with van der Waals surface area (Å²) in [4.78, 5) is 27.0. The number of hydrogen-bond acceptors (Lipinski definition) is 6. The van der Waals surface area contributed by atoms with Gasteiger partial charge in [-0.05, 0) is 19.1 Å². The van der Waals surface area contributed by atoms with Gasteiger partial charge in [0.1, 0.15) is 0 Å². The molecule has 7 nitrogen and oxygen atoms in total. The molecule has 1 fully saturated rings. The van der Waals surface area contributed by atoms with E-state index in [1.54, 1.807) is 30.7 Å². The van der Waals surface area contributed by atoms with E-state index in [9.17, 15) is 4.79 Å². The first-order valence-electron chi connectivity index (χ1n) is 7.12. The van der Waals surface area contributed by atoms with Crippen LogP contribution in [0.3, 0.4) is 0 Å². The van der Waals surface area contributed by atoms with E-state index >= 15 is 0 Å². The highest BCUT2D eigenvalue weighted by Crippen LogP contribution is 2.14. The molecular formula is C15H17N5O2. The first kappa shape index (κ1) is 14.4. The Morgan fingerprint density at radius 3 is 2.82 bits per heavy atom. The van der Waals surface area contributed by atoms with E-state index in [2.05, 4.69) is 25.2 Å². The number of carbonyl (C=O) groups excluding carboxylic acids is 1. The Balaban J connectivity index is 1.75. The Kier molecular flexibility index (Phi) is 4.24. The number of aryl methyl sites for hydroxylation is 1. The second kappa shape index (κ2) is 6.48. The van der Waals surface area contributed by atoms with Gasteiger partial charge in [-0.3, -0.25) is 9.78 Å². The van der Waals surface area contributed by atoms with E-state index in [0.29, 0.717) is 36.1 Å². The van der Waals surface area contributed by atoms with Gasteiger partial charge in [-0.1, -0.05) is 0 Å². The minimum Gasteiger partial charge on any atom is -0.378 e. The fourth-order valence-electron chi connectivity index (χ4n) is 2.23. The molecule has 0 unspecified atom stereocenters. The molecule has 7 heteroatoms. The number of carbonyl (C=O) groups is 1. The molecule has 2 aromatic rings. The number of anilines is 2. The highest BCUT2D eigenvalue weighted by atomic mass is 16.5. The molecule has 0 spiro atoms. The van der Waals surface area contributed by atoms with Crippen molar-refractivity contribution in [3.63, 3.8) is 0 Å². The summed E-state index contributed by atoms with van der Waals surface area (Å²) in [5.41, 5.74) is 1.75. The van der Waals surface area contributed by atoms with Crippen LogP contribution in [0, 0.1) is 6.92 Å². The Hall–Kier alpha value is -2.54. The molecule has 2 aromatic heterocycles. The highest BCUT2D eigenvalue weighted by Gasteiger charge is 2.17. The predicted molar refractivity (Wildman–Crippen MR) is 82.0 cm³/mol. The minimum atomic E-state index is -0.237. The molecule has 1 aliphatic rings. The van der Waals surface area contributed by atoms with Gasteiger partial charge in [0.2, 0.25) is 5.95 Å². The number of pyridine rings is 1. The molecule has 1 aliphatic heterocycles. The van der Waals surface area contributed by atoms with Gasteiger partial charge < -0.3 is 15.0 Å². The van der Waals surface area contributed by atoms with Crippen molar-refractivity contribution in [1.82, 2.24) is 15.0 Å². The summed E-state index contributed by atoms with van der Waals surface area (Å²) in [6, 6.07) is 3.55. The minimum absolute atomic E-state index is 0.237. The van der Waals surface area contributed by atoms with Crippen LogP contribution in [-0.2, 0) is 4.74 Å². The van der Waals surface area contributed by atoms with Crippen LogP contribution in [0.5, 0.6) is 0 Å². The van der Waals surface area contributed by atoms with E-state index in [1.807, 2.05) is 6.92 Å². The van der Waals surface area contributed by atoms with E-state index in [4.69, 9.17) is 4.74 Å². The number of rotatable bonds is 3. The predicted octanol–water partition coefficient (Wildman–Crippen LogP) is 1.27. The Bertz CT molecular complexity index is 656. The average molecular weight is 299 g/mol. The lowest BCUT2D eigenvalue weighted by Crippen LogP contribution is -2.37. The zero-order valence-electron chi connectivity index (χ0n) is 12.3. The Labute approximate surface area is 128 Å². The van der Waals surface area contributed by atoms with Crippen LogP contribution in [-0.4, -0.2) is 47.2 Å². The summed E-state index contributed by atoms with van der Waals surface area (Å²) in [6.45, 7) is 4.68. The molecule has 0 aliphatic carbocycles.